The number of ether oxygens (including phenoxy) is 1. The number of rotatable bonds is 3. The van der Waals surface area contributed by atoms with Crippen molar-refractivity contribution in [2.75, 3.05) is 11.9 Å². The Bertz CT molecular complexity index is 366. The Balaban J connectivity index is 2.64. The van der Waals surface area contributed by atoms with E-state index in [9.17, 15) is 4.79 Å². The van der Waals surface area contributed by atoms with Crippen molar-refractivity contribution in [1.82, 2.24) is 0 Å². The fraction of sp³-hybridized carbons (Fsp3) is 0.462. The van der Waals surface area contributed by atoms with E-state index in [0.717, 1.165) is 11.4 Å². The Morgan fingerprint density at radius 3 is 2.62 bits per heavy atom. The molecule has 0 aliphatic heterocycles. The number of carbonyl (C=O) groups is 1. The van der Waals surface area contributed by atoms with Crippen molar-refractivity contribution >= 4 is 11.6 Å². The lowest BCUT2D eigenvalue weighted by atomic mass is 9.99. The maximum atomic E-state index is 10.9. The predicted octanol–water partition coefficient (Wildman–Crippen LogP) is 3.07. The first-order valence-corrected chi connectivity index (χ1v) is 5.37. The van der Waals surface area contributed by atoms with Crippen LogP contribution in [0.15, 0.2) is 24.3 Å². The molecule has 0 saturated carbocycles. The van der Waals surface area contributed by atoms with E-state index in [1.54, 1.807) is 0 Å². The molecule has 0 aliphatic carbocycles. The molecule has 0 heterocycles. The van der Waals surface area contributed by atoms with Gasteiger partial charge in [0, 0.05) is 18.7 Å². The van der Waals surface area contributed by atoms with Crippen molar-refractivity contribution in [1.29, 1.82) is 0 Å². The summed E-state index contributed by atoms with van der Waals surface area (Å²) in [7, 11) is 0. The zero-order valence-electron chi connectivity index (χ0n) is 10.3. The summed E-state index contributed by atoms with van der Waals surface area (Å²) in [4.78, 5) is 10.9. The first-order valence-electron chi connectivity index (χ1n) is 5.37. The molecule has 0 bridgehead atoms. The monoisotopic (exact) mass is 221 g/mol. The average Bonchev–Trinajstić information content (AvgIpc) is 2.13. The lowest BCUT2D eigenvalue weighted by molar-refractivity contribution is -0.114. The maximum absolute atomic E-state index is 10.9. The predicted molar refractivity (Wildman–Crippen MR) is 65.7 cm³/mol. The lowest BCUT2D eigenvalue weighted by Gasteiger charge is -2.19. The van der Waals surface area contributed by atoms with Crippen LogP contribution in [-0.2, 0) is 4.79 Å². The number of hydrogen-bond acceptors (Lipinski definition) is 2. The summed E-state index contributed by atoms with van der Waals surface area (Å²) in [5, 5.41) is 2.72. The summed E-state index contributed by atoms with van der Waals surface area (Å²) in [5.74, 6) is 0.703. The third kappa shape index (κ3) is 4.82. The number of benzene rings is 1. The molecule has 16 heavy (non-hydrogen) atoms. The van der Waals surface area contributed by atoms with Gasteiger partial charge in [0.1, 0.15) is 5.75 Å². The van der Waals surface area contributed by atoms with Gasteiger partial charge in [-0.1, -0.05) is 26.8 Å². The normalized spacial score (nSPS) is 11.0. The van der Waals surface area contributed by atoms with Crippen LogP contribution in [0.5, 0.6) is 5.75 Å². The van der Waals surface area contributed by atoms with E-state index >= 15 is 0 Å². The van der Waals surface area contributed by atoms with Crippen molar-refractivity contribution < 1.29 is 9.53 Å². The second-order valence-corrected chi connectivity index (χ2v) is 5.06. The van der Waals surface area contributed by atoms with Gasteiger partial charge in [-0.05, 0) is 17.5 Å². The third-order valence-corrected chi connectivity index (χ3v) is 1.83. The van der Waals surface area contributed by atoms with Crippen molar-refractivity contribution in [3.8, 4) is 5.75 Å². The highest BCUT2D eigenvalue weighted by molar-refractivity contribution is 5.88. The van der Waals surface area contributed by atoms with Gasteiger partial charge in [-0.25, -0.2) is 0 Å². The van der Waals surface area contributed by atoms with E-state index < -0.39 is 0 Å². The Hall–Kier alpha value is -1.51. The SMILES string of the molecule is CC(=O)Nc1cccc(OCC(C)(C)C)c1. The van der Waals surface area contributed by atoms with Gasteiger partial charge in [0.15, 0.2) is 0 Å². The van der Waals surface area contributed by atoms with E-state index in [1.165, 1.54) is 6.92 Å². The van der Waals surface area contributed by atoms with Crippen LogP contribution in [-0.4, -0.2) is 12.5 Å². The molecular weight excluding hydrogens is 202 g/mol. The van der Waals surface area contributed by atoms with E-state index in [2.05, 4.69) is 26.1 Å². The first kappa shape index (κ1) is 12.6. The average molecular weight is 221 g/mol. The molecular formula is C13H19NO2. The summed E-state index contributed by atoms with van der Waals surface area (Å²) in [5.41, 5.74) is 0.892. The largest absolute Gasteiger partial charge is 0.493 e. The molecule has 88 valence electrons. The molecule has 0 atom stereocenters. The Morgan fingerprint density at radius 2 is 2.06 bits per heavy atom. The quantitative estimate of drug-likeness (QED) is 0.851. The maximum Gasteiger partial charge on any atom is 0.221 e. The van der Waals surface area contributed by atoms with Gasteiger partial charge >= 0.3 is 0 Å². The van der Waals surface area contributed by atoms with Gasteiger partial charge in [-0.3, -0.25) is 4.79 Å². The van der Waals surface area contributed by atoms with Crippen LogP contribution in [0, 0.1) is 5.41 Å². The van der Waals surface area contributed by atoms with Crippen molar-refractivity contribution in [2.45, 2.75) is 27.7 Å². The minimum absolute atomic E-state index is 0.0760. The molecule has 1 aromatic carbocycles. The van der Waals surface area contributed by atoms with Crippen LogP contribution in [0.3, 0.4) is 0 Å². The van der Waals surface area contributed by atoms with Gasteiger partial charge in [-0.2, -0.15) is 0 Å². The Morgan fingerprint density at radius 1 is 1.38 bits per heavy atom. The molecule has 0 unspecified atom stereocenters. The van der Waals surface area contributed by atoms with Crippen LogP contribution >= 0.6 is 0 Å². The first-order chi connectivity index (χ1) is 7.37. The number of hydrogen-bond donors (Lipinski definition) is 1. The van der Waals surface area contributed by atoms with Crippen molar-refractivity contribution in [3.63, 3.8) is 0 Å². The molecule has 0 saturated heterocycles. The van der Waals surface area contributed by atoms with Gasteiger partial charge in [0.05, 0.1) is 6.61 Å². The van der Waals surface area contributed by atoms with Crippen molar-refractivity contribution in [3.05, 3.63) is 24.3 Å². The van der Waals surface area contributed by atoms with Crippen LogP contribution < -0.4 is 10.1 Å². The number of amides is 1. The topological polar surface area (TPSA) is 38.3 Å². The molecule has 1 aromatic rings. The second-order valence-electron chi connectivity index (χ2n) is 5.06. The molecule has 1 N–H and O–H groups in total. The minimum Gasteiger partial charge on any atom is -0.493 e. The zero-order valence-corrected chi connectivity index (χ0v) is 10.3. The fourth-order valence-corrected chi connectivity index (χ4v) is 1.17. The summed E-state index contributed by atoms with van der Waals surface area (Å²) >= 11 is 0. The molecule has 1 rings (SSSR count). The number of carbonyl (C=O) groups excluding carboxylic acids is 1. The number of anilines is 1. The zero-order chi connectivity index (χ0) is 12.2. The van der Waals surface area contributed by atoms with Crippen LogP contribution in [0.2, 0.25) is 0 Å². The summed E-state index contributed by atoms with van der Waals surface area (Å²) < 4.78 is 5.64. The fourth-order valence-electron chi connectivity index (χ4n) is 1.17. The highest BCUT2D eigenvalue weighted by Gasteiger charge is 2.11. The third-order valence-electron chi connectivity index (χ3n) is 1.83. The Kier molecular flexibility index (Phi) is 3.93. The summed E-state index contributed by atoms with van der Waals surface area (Å²) in [6.45, 7) is 8.49. The van der Waals surface area contributed by atoms with Gasteiger partial charge in [-0.15, -0.1) is 0 Å². The van der Waals surface area contributed by atoms with Crippen LogP contribution in [0.1, 0.15) is 27.7 Å². The minimum atomic E-state index is -0.0760. The molecule has 0 spiro atoms. The summed E-state index contributed by atoms with van der Waals surface area (Å²) in [6.07, 6.45) is 0. The number of nitrogens with one attached hydrogen (secondary N) is 1. The highest BCUT2D eigenvalue weighted by atomic mass is 16.5. The Labute approximate surface area is 96.8 Å². The van der Waals surface area contributed by atoms with E-state index in [-0.39, 0.29) is 11.3 Å². The van der Waals surface area contributed by atoms with E-state index in [1.807, 2.05) is 24.3 Å². The highest BCUT2D eigenvalue weighted by Crippen LogP contribution is 2.20. The molecule has 3 heteroatoms. The van der Waals surface area contributed by atoms with Gasteiger partial charge in [0.2, 0.25) is 5.91 Å². The molecule has 3 nitrogen and oxygen atoms in total. The van der Waals surface area contributed by atoms with Crippen LogP contribution in [0.4, 0.5) is 5.69 Å². The van der Waals surface area contributed by atoms with Gasteiger partial charge < -0.3 is 10.1 Å². The lowest BCUT2D eigenvalue weighted by Crippen LogP contribution is -2.17. The standard InChI is InChI=1S/C13H19NO2/c1-10(15)14-11-6-5-7-12(8-11)16-9-13(2,3)4/h5-8H,9H2,1-4H3,(H,14,15). The second kappa shape index (κ2) is 5.01. The van der Waals surface area contributed by atoms with Gasteiger partial charge in [0.25, 0.3) is 0 Å². The van der Waals surface area contributed by atoms with Crippen LogP contribution in [0.25, 0.3) is 0 Å². The molecule has 0 radical (unpaired) electrons. The van der Waals surface area contributed by atoms with E-state index in [4.69, 9.17) is 4.74 Å². The van der Waals surface area contributed by atoms with Crippen molar-refractivity contribution in [2.24, 2.45) is 5.41 Å². The molecule has 0 aromatic heterocycles. The smallest absolute Gasteiger partial charge is 0.221 e. The van der Waals surface area contributed by atoms with E-state index in [0.29, 0.717) is 6.61 Å². The summed E-state index contributed by atoms with van der Waals surface area (Å²) in [6, 6.07) is 7.42. The molecule has 0 aliphatic rings. The molecule has 0 fully saturated rings. The molecule has 1 amide bonds.